The molecule has 0 aliphatic heterocycles. The SMILES string of the molecule is [2H]c1cc2c(oc3c([2H])cc(-c4cccc5oc6ccccc6c45)c(-c4nc(-c5ccc6c(ccc7ccccc76)c5)nc(-c5c([2H])c([2H])c([2H])c([2H])c5[2H])n4)c32)c([2H])c1[2H]. The average Bonchev–Trinajstić information content (AvgIpc) is 3.86. The summed E-state index contributed by atoms with van der Waals surface area (Å²) in [6.45, 7) is 0. The highest BCUT2D eigenvalue weighted by molar-refractivity contribution is 6.19. The second kappa shape index (κ2) is 11.2. The lowest BCUT2D eigenvalue weighted by atomic mass is 9.92. The largest absolute Gasteiger partial charge is 0.456 e. The van der Waals surface area contributed by atoms with Gasteiger partial charge in [-0.25, -0.2) is 15.0 Å². The molecule has 0 unspecified atom stereocenters. The van der Waals surface area contributed by atoms with E-state index >= 15 is 0 Å². The Kier molecular flexibility index (Phi) is 4.56. The second-order valence-corrected chi connectivity index (χ2v) is 12.5. The summed E-state index contributed by atoms with van der Waals surface area (Å²) in [7, 11) is 0. The maximum Gasteiger partial charge on any atom is 0.165 e. The standard InChI is InChI=1S/C47H27N3O2/c1-2-12-29(13-3-1)45-48-46(31-23-24-33-30(27-31)22-21-28-11-4-5-14-32(28)33)50-47(49-45)44-35(25-26-41-43(44)37-16-7-9-19-39(37)52-41)34-17-10-20-40-42(34)36-15-6-8-18-38(36)51-40/h1-27H/i1D,2D,3D,7D,9D,12D,13D,19D,26D. The van der Waals surface area contributed by atoms with Gasteiger partial charge in [0.2, 0.25) is 0 Å². The first-order valence-corrected chi connectivity index (χ1v) is 16.6. The van der Waals surface area contributed by atoms with Crippen molar-refractivity contribution in [2.24, 2.45) is 0 Å². The van der Waals surface area contributed by atoms with Gasteiger partial charge in [0.25, 0.3) is 0 Å². The van der Waals surface area contributed by atoms with Crippen LogP contribution < -0.4 is 0 Å². The number of rotatable bonds is 4. The number of benzene rings is 8. The van der Waals surface area contributed by atoms with Crippen molar-refractivity contribution in [1.29, 1.82) is 0 Å². The maximum absolute atomic E-state index is 9.33. The lowest BCUT2D eigenvalue weighted by Gasteiger charge is -2.14. The van der Waals surface area contributed by atoms with Gasteiger partial charge in [-0.3, -0.25) is 0 Å². The van der Waals surface area contributed by atoms with Gasteiger partial charge in [-0.1, -0.05) is 127 Å². The summed E-state index contributed by atoms with van der Waals surface area (Å²) >= 11 is 0. The number of nitrogens with zero attached hydrogens (tertiary/aromatic N) is 3. The Bertz CT molecular complexity index is 3700. The van der Waals surface area contributed by atoms with Crippen LogP contribution in [0.1, 0.15) is 12.3 Å². The van der Waals surface area contributed by atoms with Crippen LogP contribution in [0.15, 0.2) is 172 Å². The molecule has 11 aromatic rings. The van der Waals surface area contributed by atoms with Crippen molar-refractivity contribution in [3.8, 4) is 45.3 Å². The Morgan fingerprint density at radius 2 is 1.12 bits per heavy atom. The summed E-state index contributed by atoms with van der Waals surface area (Å²) in [5.74, 6) is -0.0577. The van der Waals surface area contributed by atoms with E-state index in [4.69, 9.17) is 34.8 Å². The zero-order chi connectivity index (χ0) is 42.0. The van der Waals surface area contributed by atoms with Crippen LogP contribution in [-0.4, -0.2) is 15.0 Å². The Labute approximate surface area is 310 Å². The van der Waals surface area contributed by atoms with Crippen molar-refractivity contribution in [3.63, 3.8) is 0 Å². The van der Waals surface area contributed by atoms with E-state index in [2.05, 4.69) is 0 Å². The molecule has 3 aromatic heterocycles. The van der Waals surface area contributed by atoms with Crippen molar-refractivity contribution in [2.75, 3.05) is 0 Å². The summed E-state index contributed by atoms with van der Waals surface area (Å²) < 4.78 is 91.1. The van der Waals surface area contributed by atoms with Crippen molar-refractivity contribution < 1.29 is 21.2 Å². The van der Waals surface area contributed by atoms with Crippen molar-refractivity contribution in [3.05, 3.63) is 164 Å². The van der Waals surface area contributed by atoms with Crippen molar-refractivity contribution in [1.82, 2.24) is 15.0 Å². The van der Waals surface area contributed by atoms with Gasteiger partial charge in [0.15, 0.2) is 17.5 Å². The lowest BCUT2D eigenvalue weighted by Crippen LogP contribution is -2.01. The molecule has 52 heavy (non-hydrogen) atoms. The first kappa shape index (κ1) is 21.2. The van der Waals surface area contributed by atoms with Gasteiger partial charge < -0.3 is 8.83 Å². The first-order chi connectivity index (χ1) is 29.5. The minimum absolute atomic E-state index is 0.00301. The Morgan fingerprint density at radius 3 is 2.04 bits per heavy atom. The fraction of sp³-hybridized carbons (Fsp3) is 0. The van der Waals surface area contributed by atoms with Gasteiger partial charge >= 0.3 is 0 Å². The molecule has 11 rings (SSSR count). The summed E-state index contributed by atoms with van der Waals surface area (Å²) in [6.07, 6.45) is 0. The maximum atomic E-state index is 9.33. The van der Waals surface area contributed by atoms with Gasteiger partial charge in [-0.2, -0.15) is 0 Å². The molecule has 0 fully saturated rings. The summed E-state index contributed by atoms with van der Waals surface area (Å²) in [6, 6.07) is 30.4. The molecule has 5 nitrogen and oxygen atoms in total. The third-order valence-corrected chi connectivity index (χ3v) is 9.56. The molecular formula is C47H27N3O2. The van der Waals surface area contributed by atoms with Gasteiger partial charge in [-0.15, -0.1) is 0 Å². The van der Waals surface area contributed by atoms with Crippen LogP contribution in [0.3, 0.4) is 0 Å². The molecule has 0 saturated heterocycles. The van der Waals surface area contributed by atoms with Crippen molar-refractivity contribution in [2.45, 2.75) is 0 Å². The van der Waals surface area contributed by atoms with Gasteiger partial charge in [0, 0.05) is 38.2 Å². The van der Waals surface area contributed by atoms with E-state index in [-0.39, 0.29) is 63.8 Å². The highest BCUT2D eigenvalue weighted by atomic mass is 16.3. The summed E-state index contributed by atoms with van der Waals surface area (Å²) in [5.41, 5.74) is 2.99. The quantitative estimate of drug-likeness (QED) is 0.174. The molecule has 242 valence electrons. The molecule has 8 aromatic carbocycles. The predicted octanol–water partition coefficient (Wildman–Crippen LogP) is 12.6. The second-order valence-electron chi connectivity index (χ2n) is 12.5. The zero-order valence-electron chi connectivity index (χ0n) is 36.1. The molecule has 0 N–H and O–H groups in total. The van der Waals surface area contributed by atoms with E-state index in [0.717, 1.165) is 32.3 Å². The van der Waals surface area contributed by atoms with E-state index in [1.165, 1.54) is 6.07 Å². The van der Waals surface area contributed by atoms with Crippen LogP contribution in [0, 0.1) is 0 Å². The fourth-order valence-corrected chi connectivity index (χ4v) is 7.26. The lowest BCUT2D eigenvalue weighted by molar-refractivity contribution is 0.669. The van der Waals surface area contributed by atoms with E-state index in [1.54, 1.807) is 6.07 Å². The van der Waals surface area contributed by atoms with Crippen LogP contribution >= 0.6 is 0 Å². The van der Waals surface area contributed by atoms with Crippen LogP contribution in [0.4, 0.5) is 0 Å². The molecular weight excluding hydrogens is 639 g/mol. The monoisotopic (exact) mass is 674 g/mol. The highest BCUT2D eigenvalue weighted by Gasteiger charge is 2.24. The number of hydrogen-bond donors (Lipinski definition) is 0. The zero-order valence-corrected chi connectivity index (χ0v) is 27.1. The smallest absolute Gasteiger partial charge is 0.165 e. The average molecular weight is 675 g/mol. The molecule has 0 atom stereocenters. The van der Waals surface area contributed by atoms with E-state index < -0.39 is 30.2 Å². The fourth-order valence-electron chi connectivity index (χ4n) is 7.26. The number of hydrogen-bond acceptors (Lipinski definition) is 5. The van der Waals surface area contributed by atoms with Crippen LogP contribution in [0.2, 0.25) is 0 Å². The number of aromatic nitrogens is 3. The third kappa shape index (κ3) is 4.39. The topological polar surface area (TPSA) is 65.0 Å². The van der Waals surface area contributed by atoms with Crippen molar-refractivity contribution >= 4 is 65.4 Å². The molecule has 5 heteroatoms. The van der Waals surface area contributed by atoms with Crippen LogP contribution in [0.5, 0.6) is 0 Å². The molecule has 0 amide bonds. The summed E-state index contributed by atoms with van der Waals surface area (Å²) in [4.78, 5) is 14.9. The van der Waals surface area contributed by atoms with Gasteiger partial charge in [0.05, 0.1) is 12.3 Å². The van der Waals surface area contributed by atoms with E-state index in [1.807, 2.05) is 97.1 Å². The number of fused-ring (bicyclic) bond motifs is 9. The van der Waals surface area contributed by atoms with Crippen LogP contribution in [0.25, 0.3) is 111 Å². The number of furan rings is 2. The molecule has 0 bridgehead atoms. The van der Waals surface area contributed by atoms with E-state index in [0.29, 0.717) is 38.8 Å². The van der Waals surface area contributed by atoms with Gasteiger partial charge in [0.1, 0.15) is 22.3 Å². The molecule has 0 aliphatic rings. The molecule has 0 radical (unpaired) electrons. The van der Waals surface area contributed by atoms with Crippen LogP contribution in [-0.2, 0) is 0 Å². The Balaban J connectivity index is 1.31. The Morgan fingerprint density at radius 1 is 0.404 bits per heavy atom. The molecule has 0 spiro atoms. The predicted molar refractivity (Wildman–Crippen MR) is 211 cm³/mol. The normalized spacial score (nSPS) is 14.3. The first-order valence-electron chi connectivity index (χ1n) is 21.1. The highest BCUT2D eigenvalue weighted by Crippen LogP contribution is 2.45. The Hall–Kier alpha value is -7.11. The van der Waals surface area contributed by atoms with Gasteiger partial charge in [-0.05, 0) is 69.0 Å². The minimum Gasteiger partial charge on any atom is -0.456 e. The number of para-hydroxylation sites is 2. The molecule has 0 saturated carbocycles. The third-order valence-electron chi connectivity index (χ3n) is 9.56. The molecule has 0 aliphatic carbocycles. The minimum atomic E-state index is -0.568. The van der Waals surface area contributed by atoms with E-state index in [9.17, 15) is 1.37 Å². The molecule has 3 heterocycles. The summed E-state index contributed by atoms with van der Waals surface area (Å²) in [5, 5.41) is 6.12.